The van der Waals surface area contributed by atoms with Gasteiger partial charge in [-0.25, -0.2) is 4.39 Å². The van der Waals surface area contributed by atoms with Gasteiger partial charge in [0.05, 0.1) is 5.02 Å². The first-order valence-electron chi connectivity index (χ1n) is 5.84. The molecule has 0 aliphatic rings. The van der Waals surface area contributed by atoms with Crippen molar-refractivity contribution < 1.29 is 13.5 Å². The van der Waals surface area contributed by atoms with E-state index < -0.39 is 11.6 Å². The third-order valence-electron chi connectivity index (χ3n) is 2.41. The summed E-state index contributed by atoms with van der Waals surface area (Å²) in [5.41, 5.74) is 0. The summed E-state index contributed by atoms with van der Waals surface area (Å²) in [4.78, 5) is 4.06. The van der Waals surface area contributed by atoms with Gasteiger partial charge in [-0.1, -0.05) is 39.1 Å². The van der Waals surface area contributed by atoms with Crippen LogP contribution in [-0.4, -0.2) is 11.5 Å². The summed E-state index contributed by atoms with van der Waals surface area (Å²) in [6, 6.07) is 3.68. The molecule has 0 amide bonds. The Balaban J connectivity index is 2.42. The first kappa shape index (κ1) is 16.3. The van der Waals surface area contributed by atoms with Crippen LogP contribution in [0.25, 0.3) is 0 Å². The molecule has 21 heavy (non-hydrogen) atoms. The number of benzene rings is 1. The second-order valence-corrected chi connectivity index (χ2v) is 5.67. The molecule has 0 fully saturated rings. The fraction of sp³-hybridized carbons (Fsp3) is 0.154. The highest BCUT2D eigenvalue weighted by atomic mass is 79.9. The number of anilines is 1. The van der Waals surface area contributed by atoms with Crippen LogP contribution in [0.15, 0.2) is 22.7 Å². The van der Waals surface area contributed by atoms with Crippen molar-refractivity contribution >= 4 is 44.9 Å². The number of rotatable bonds is 4. The van der Waals surface area contributed by atoms with Crippen molar-refractivity contribution in [3.05, 3.63) is 44.4 Å². The molecule has 0 bridgehead atoms. The Labute approximate surface area is 138 Å². The Morgan fingerprint density at radius 3 is 2.62 bits per heavy atom. The standard InChI is InChI=1S/C13H9BrCl2F2N2O/c1-2-19-12-7(15)5-8(16)13(20-12)21-10-4-6(14)3-9(17)11(10)18/h3-5H,2H2,1H3,(H,19,20). The zero-order chi connectivity index (χ0) is 15.6. The number of ether oxygens (including phenoxy) is 1. The molecule has 0 atom stereocenters. The van der Waals surface area contributed by atoms with Crippen molar-refractivity contribution in [2.24, 2.45) is 0 Å². The number of aromatic nitrogens is 1. The number of halogens is 5. The first-order chi connectivity index (χ1) is 9.92. The number of hydrogen-bond acceptors (Lipinski definition) is 3. The van der Waals surface area contributed by atoms with E-state index in [1.54, 1.807) is 0 Å². The zero-order valence-corrected chi connectivity index (χ0v) is 13.8. The van der Waals surface area contributed by atoms with E-state index in [1.165, 1.54) is 12.1 Å². The fourth-order valence-corrected chi connectivity index (χ4v) is 2.40. The van der Waals surface area contributed by atoms with Crippen LogP contribution in [0, 0.1) is 11.6 Å². The summed E-state index contributed by atoms with van der Waals surface area (Å²) >= 11 is 15.0. The van der Waals surface area contributed by atoms with Crippen molar-refractivity contribution in [1.82, 2.24) is 4.98 Å². The number of hydrogen-bond donors (Lipinski definition) is 1. The van der Waals surface area contributed by atoms with Gasteiger partial charge in [-0.05, 0) is 25.1 Å². The third kappa shape index (κ3) is 3.75. The van der Waals surface area contributed by atoms with Gasteiger partial charge in [0.2, 0.25) is 11.7 Å². The summed E-state index contributed by atoms with van der Waals surface area (Å²) in [6.45, 7) is 2.43. The van der Waals surface area contributed by atoms with Gasteiger partial charge in [0.1, 0.15) is 10.8 Å². The molecule has 0 radical (unpaired) electrons. The molecule has 8 heteroatoms. The summed E-state index contributed by atoms with van der Waals surface area (Å²) in [7, 11) is 0. The second kappa shape index (κ2) is 6.77. The summed E-state index contributed by atoms with van der Waals surface area (Å²) in [5, 5.41) is 3.29. The maximum Gasteiger partial charge on any atom is 0.240 e. The zero-order valence-electron chi connectivity index (χ0n) is 10.7. The average Bonchev–Trinajstić information content (AvgIpc) is 2.41. The minimum absolute atomic E-state index is 0.0755. The molecular weight excluding hydrogens is 389 g/mol. The highest BCUT2D eigenvalue weighted by Crippen LogP contribution is 2.35. The Hall–Kier alpha value is -1.11. The minimum Gasteiger partial charge on any atom is -0.434 e. The summed E-state index contributed by atoms with van der Waals surface area (Å²) in [5.74, 6) is -2.24. The van der Waals surface area contributed by atoms with Gasteiger partial charge in [0.25, 0.3) is 0 Å². The Morgan fingerprint density at radius 2 is 1.95 bits per heavy atom. The van der Waals surface area contributed by atoms with Crippen molar-refractivity contribution in [2.75, 3.05) is 11.9 Å². The monoisotopic (exact) mass is 396 g/mol. The molecule has 0 aliphatic carbocycles. The molecule has 1 aromatic heterocycles. The van der Waals surface area contributed by atoms with Crippen LogP contribution in [0.4, 0.5) is 14.6 Å². The number of nitrogens with zero attached hydrogens (tertiary/aromatic N) is 1. The van der Waals surface area contributed by atoms with E-state index in [4.69, 9.17) is 27.9 Å². The fourth-order valence-electron chi connectivity index (χ4n) is 1.52. The van der Waals surface area contributed by atoms with Crippen LogP contribution >= 0.6 is 39.1 Å². The van der Waals surface area contributed by atoms with E-state index in [1.807, 2.05) is 6.92 Å². The van der Waals surface area contributed by atoms with E-state index in [9.17, 15) is 8.78 Å². The molecule has 2 rings (SSSR count). The quantitative estimate of drug-likeness (QED) is 0.676. The van der Waals surface area contributed by atoms with E-state index in [0.717, 1.165) is 6.07 Å². The third-order valence-corrected chi connectivity index (χ3v) is 3.42. The van der Waals surface area contributed by atoms with Crippen molar-refractivity contribution in [1.29, 1.82) is 0 Å². The lowest BCUT2D eigenvalue weighted by Gasteiger charge is -2.11. The molecule has 0 saturated heterocycles. The lowest BCUT2D eigenvalue weighted by atomic mass is 10.3. The van der Waals surface area contributed by atoms with E-state index in [-0.39, 0.29) is 16.7 Å². The highest BCUT2D eigenvalue weighted by Gasteiger charge is 2.16. The van der Waals surface area contributed by atoms with E-state index in [0.29, 0.717) is 21.9 Å². The van der Waals surface area contributed by atoms with Gasteiger partial charge in [0, 0.05) is 11.0 Å². The van der Waals surface area contributed by atoms with Crippen LogP contribution in [0.1, 0.15) is 6.92 Å². The molecule has 2 aromatic rings. The van der Waals surface area contributed by atoms with Crippen LogP contribution in [0.3, 0.4) is 0 Å². The van der Waals surface area contributed by atoms with Gasteiger partial charge < -0.3 is 10.1 Å². The lowest BCUT2D eigenvalue weighted by molar-refractivity contribution is 0.405. The SMILES string of the molecule is CCNc1nc(Oc2cc(Br)cc(F)c2F)c(Cl)cc1Cl. The molecule has 0 spiro atoms. The Bertz CT molecular complexity index is 686. The predicted octanol–water partition coefficient (Wildman–Crippen LogP) is 5.65. The van der Waals surface area contributed by atoms with Crippen LogP contribution < -0.4 is 10.1 Å². The van der Waals surface area contributed by atoms with Gasteiger partial charge in [0.15, 0.2) is 11.6 Å². The average molecular weight is 398 g/mol. The van der Waals surface area contributed by atoms with Gasteiger partial charge in [-0.2, -0.15) is 9.37 Å². The molecule has 112 valence electrons. The molecule has 1 aromatic carbocycles. The van der Waals surface area contributed by atoms with E-state index in [2.05, 4.69) is 26.2 Å². The number of pyridine rings is 1. The predicted molar refractivity (Wildman–Crippen MR) is 82.6 cm³/mol. The van der Waals surface area contributed by atoms with Crippen molar-refractivity contribution in [3.8, 4) is 11.6 Å². The minimum atomic E-state index is -1.13. The van der Waals surface area contributed by atoms with Gasteiger partial charge in [-0.3, -0.25) is 0 Å². The molecule has 0 saturated carbocycles. The summed E-state index contributed by atoms with van der Waals surface area (Å²) < 4.78 is 32.6. The maximum atomic E-state index is 13.7. The molecular formula is C13H9BrCl2F2N2O. The normalized spacial score (nSPS) is 10.6. The highest BCUT2D eigenvalue weighted by molar-refractivity contribution is 9.10. The second-order valence-electron chi connectivity index (χ2n) is 3.94. The van der Waals surface area contributed by atoms with E-state index >= 15 is 0 Å². The van der Waals surface area contributed by atoms with Gasteiger partial charge in [-0.15, -0.1) is 0 Å². The molecule has 3 nitrogen and oxygen atoms in total. The summed E-state index contributed by atoms with van der Waals surface area (Å²) in [6.07, 6.45) is 0. The first-order valence-corrected chi connectivity index (χ1v) is 7.39. The van der Waals surface area contributed by atoms with Crippen molar-refractivity contribution in [2.45, 2.75) is 6.92 Å². The van der Waals surface area contributed by atoms with Crippen LogP contribution in [-0.2, 0) is 0 Å². The Kier molecular flexibility index (Phi) is 5.24. The van der Waals surface area contributed by atoms with Gasteiger partial charge >= 0.3 is 0 Å². The van der Waals surface area contributed by atoms with Crippen molar-refractivity contribution in [3.63, 3.8) is 0 Å². The molecule has 1 heterocycles. The molecule has 1 N–H and O–H groups in total. The number of nitrogens with one attached hydrogen (secondary N) is 1. The topological polar surface area (TPSA) is 34.2 Å². The molecule has 0 aliphatic heterocycles. The smallest absolute Gasteiger partial charge is 0.240 e. The van der Waals surface area contributed by atoms with Crippen LogP contribution in [0.2, 0.25) is 10.0 Å². The maximum absolute atomic E-state index is 13.7. The lowest BCUT2D eigenvalue weighted by Crippen LogP contribution is -2.02. The Morgan fingerprint density at radius 1 is 1.24 bits per heavy atom. The largest absolute Gasteiger partial charge is 0.434 e. The van der Waals surface area contributed by atoms with Crippen LogP contribution in [0.5, 0.6) is 11.6 Å². The molecule has 0 unspecified atom stereocenters.